The van der Waals surface area contributed by atoms with E-state index in [4.69, 9.17) is 10.5 Å². The minimum Gasteiger partial charge on any atom is -0.426 e. The minimum absolute atomic E-state index is 0.171. The van der Waals surface area contributed by atoms with Crippen molar-refractivity contribution in [1.82, 2.24) is 4.98 Å². The molecule has 0 aliphatic carbocycles. The number of amides is 1. The molecule has 0 saturated carbocycles. The predicted molar refractivity (Wildman–Crippen MR) is 75.6 cm³/mol. The molecule has 1 aromatic carbocycles. The van der Waals surface area contributed by atoms with Crippen molar-refractivity contribution >= 4 is 23.6 Å². The van der Waals surface area contributed by atoms with Crippen LogP contribution < -0.4 is 10.5 Å². The van der Waals surface area contributed by atoms with Gasteiger partial charge in [0, 0.05) is 22.9 Å². The number of thioether (sulfide) groups is 1. The third-order valence-electron chi connectivity index (χ3n) is 2.36. The normalized spacial score (nSPS) is 10.0. The fourth-order valence-electron chi connectivity index (χ4n) is 1.45. The van der Waals surface area contributed by atoms with E-state index < -0.39 is 11.9 Å². The van der Waals surface area contributed by atoms with Gasteiger partial charge in [0.1, 0.15) is 5.75 Å². The quantitative estimate of drug-likeness (QED) is 0.516. The average molecular weight is 288 g/mol. The van der Waals surface area contributed by atoms with Crippen LogP contribution in [-0.2, 0) is 4.79 Å². The molecule has 0 fully saturated rings. The average Bonchev–Trinajstić information content (AvgIpc) is 2.46. The van der Waals surface area contributed by atoms with E-state index in [2.05, 4.69) is 4.98 Å². The molecular formula is C14H12N2O3S. The Morgan fingerprint density at radius 3 is 2.65 bits per heavy atom. The molecule has 2 N–H and O–H groups in total. The van der Waals surface area contributed by atoms with Crippen molar-refractivity contribution in [1.29, 1.82) is 0 Å². The maximum atomic E-state index is 11.7. The molecule has 6 heteroatoms. The first-order valence-corrected chi connectivity index (χ1v) is 6.77. The molecule has 0 atom stereocenters. The highest BCUT2D eigenvalue weighted by Gasteiger charge is 2.08. The van der Waals surface area contributed by atoms with Crippen LogP contribution in [0.25, 0.3) is 0 Å². The molecule has 0 radical (unpaired) electrons. The Morgan fingerprint density at radius 2 is 1.95 bits per heavy atom. The third-order valence-corrected chi connectivity index (χ3v) is 3.34. The zero-order chi connectivity index (χ0) is 14.4. The van der Waals surface area contributed by atoms with Gasteiger partial charge in [0.2, 0.25) is 5.91 Å². The number of carbonyl (C=O) groups is 2. The lowest BCUT2D eigenvalue weighted by Gasteiger charge is -2.05. The first-order valence-electron chi connectivity index (χ1n) is 5.78. The molecule has 0 saturated heterocycles. The Hall–Kier alpha value is -2.34. The maximum absolute atomic E-state index is 11.7. The first-order chi connectivity index (χ1) is 9.65. The van der Waals surface area contributed by atoms with Crippen molar-refractivity contribution in [2.45, 2.75) is 4.90 Å². The van der Waals surface area contributed by atoms with E-state index in [1.165, 1.54) is 17.8 Å². The van der Waals surface area contributed by atoms with Crippen molar-refractivity contribution < 1.29 is 14.3 Å². The van der Waals surface area contributed by atoms with Crippen LogP contribution >= 0.6 is 11.8 Å². The monoisotopic (exact) mass is 288 g/mol. The Bertz CT molecular complexity index is 617. The van der Waals surface area contributed by atoms with Gasteiger partial charge >= 0.3 is 5.97 Å². The van der Waals surface area contributed by atoms with Crippen LogP contribution in [0.15, 0.2) is 53.7 Å². The fourth-order valence-corrected chi connectivity index (χ4v) is 2.11. The van der Waals surface area contributed by atoms with E-state index in [0.29, 0.717) is 11.3 Å². The number of hydrogen-bond acceptors (Lipinski definition) is 5. The van der Waals surface area contributed by atoms with Gasteiger partial charge in [-0.25, -0.2) is 0 Å². The van der Waals surface area contributed by atoms with Crippen LogP contribution in [-0.4, -0.2) is 22.6 Å². The smallest absolute Gasteiger partial charge is 0.321 e. The van der Waals surface area contributed by atoms with Gasteiger partial charge in [0.15, 0.2) is 0 Å². The van der Waals surface area contributed by atoms with E-state index in [1.54, 1.807) is 30.6 Å². The number of pyridine rings is 1. The largest absolute Gasteiger partial charge is 0.426 e. The van der Waals surface area contributed by atoms with Gasteiger partial charge in [-0.15, -0.1) is 11.8 Å². The molecule has 2 aromatic rings. The number of nitrogens with two attached hydrogens (primary N) is 1. The minimum atomic E-state index is -0.561. The molecule has 2 rings (SSSR count). The number of hydrogen-bond donors (Lipinski definition) is 1. The molecule has 1 aromatic heterocycles. The van der Waals surface area contributed by atoms with Crippen LogP contribution in [0.1, 0.15) is 10.4 Å². The Morgan fingerprint density at radius 1 is 1.20 bits per heavy atom. The number of ether oxygens (including phenoxy) is 1. The summed E-state index contributed by atoms with van der Waals surface area (Å²) in [7, 11) is 0. The molecule has 0 unspecified atom stereocenters. The van der Waals surface area contributed by atoms with Gasteiger partial charge < -0.3 is 10.5 Å². The van der Waals surface area contributed by atoms with Crippen molar-refractivity contribution in [3.63, 3.8) is 0 Å². The Balaban J connectivity index is 1.91. The second-order valence-corrected chi connectivity index (χ2v) is 4.89. The standard InChI is InChI=1S/C14H12N2O3S/c15-14(18)10-2-1-3-11(8-10)19-13(17)9-20-12-4-6-16-7-5-12/h1-8H,9H2,(H2,15,18). The second kappa shape index (κ2) is 6.72. The lowest BCUT2D eigenvalue weighted by atomic mass is 10.2. The summed E-state index contributed by atoms with van der Waals surface area (Å²) in [6.45, 7) is 0. The lowest BCUT2D eigenvalue weighted by Crippen LogP contribution is -2.13. The number of benzene rings is 1. The Kier molecular flexibility index (Phi) is 4.73. The molecule has 0 aliphatic heterocycles. The van der Waals surface area contributed by atoms with Gasteiger partial charge in [0.05, 0.1) is 5.75 Å². The van der Waals surface area contributed by atoms with E-state index in [0.717, 1.165) is 4.90 Å². The summed E-state index contributed by atoms with van der Waals surface area (Å²) >= 11 is 1.35. The van der Waals surface area contributed by atoms with Gasteiger partial charge in [-0.1, -0.05) is 6.07 Å². The molecule has 1 heterocycles. The van der Waals surface area contributed by atoms with Crippen LogP contribution in [0, 0.1) is 0 Å². The van der Waals surface area contributed by atoms with Crippen molar-refractivity contribution in [3.8, 4) is 5.75 Å². The Labute approximate surface area is 120 Å². The number of rotatable bonds is 5. The number of nitrogens with zero attached hydrogens (tertiary/aromatic N) is 1. The molecule has 1 amide bonds. The molecule has 102 valence electrons. The summed E-state index contributed by atoms with van der Waals surface area (Å²) in [4.78, 5) is 27.5. The maximum Gasteiger partial charge on any atom is 0.321 e. The highest BCUT2D eigenvalue weighted by molar-refractivity contribution is 8.00. The predicted octanol–water partition coefficient (Wildman–Crippen LogP) is 1.88. The summed E-state index contributed by atoms with van der Waals surface area (Å²) in [5.74, 6) is -0.478. The fraction of sp³-hybridized carbons (Fsp3) is 0.0714. The summed E-state index contributed by atoms with van der Waals surface area (Å²) in [5.41, 5.74) is 5.46. The summed E-state index contributed by atoms with van der Waals surface area (Å²) in [5, 5.41) is 0. The van der Waals surface area contributed by atoms with Crippen LogP contribution in [0.3, 0.4) is 0 Å². The van der Waals surface area contributed by atoms with E-state index in [-0.39, 0.29) is 5.75 Å². The molecule has 0 bridgehead atoms. The van der Waals surface area contributed by atoms with Gasteiger partial charge in [-0.3, -0.25) is 14.6 Å². The highest BCUT2D eigenvalue weighted by Crippen LogP contribution is 2.18. The van der Waals surface area contributed by atoms with Crippen LogP contribution in [0.5, 0.6) is 5.75 Å². The summed E-state index contributed by atoms with van der Waals surface area (Å²) < 4.78 is 5.14. The van der Waals surface area contributed by atoms with Gasteiger partial charge in [-0.05, 0) is 30.3 Å². The van der Waals surface area contributed by atoms with Crippen molar-refractivity contribution in [2.75, 3.05) is 5.75 Å². The van der Waals surface area contributed by atoms with E-state index in [9.17, 15) is 9.59 Å². The number of carbonyl (C=O) groups excluding carboxylic acids is 2. The second-order valence-electron chi connectivity index (χ2n) is 3.84. The molecular weight excluding hydrogens is 276 g/mol. The zero-order valence-electron chi connectivity index (χ0n) is 10.5. The summed E-state index contributed by atoms with van der Waals surface area (Å²) in [6.07, 6.45) is 3.31. The first kappa shape index (κ1) is 14.1. The van der Waals surface area contributed by atoms with Gasteiger partial charge in [0.25, 0.3) is 0 Å². The number of aromatic nitrogens is 1. The molecule has 0 aliphatic rings. The molecule has 0 spiro atoms. The van der Waals surface area contributed by atoms with Gasteiger partial charge in [-0.2, -0.15) is 0 Å². The lowest BCUT2D eigenvalue weighted by molar-refractivity contribution is -0.131. The van der Waals surface area contributed by atoms with Crippen molar-refractivity contribution in [3.05, 3.63) is 54.4 Å². The number of primary amides is 1. The third kappa shape index (κ3) is 4.10. The topological polar surface area (TPSA) is 82.3 Å². The summed E-state index contributed by atoms with van der Waals surface area (Å²) in [6, 6.07) is 9.83. The number of esters is 1. The zero-order valence-corrected chi connectivity index (χ0v) is 11.3. The van der Waals surface area contributed by atoms with Crippen molar-refractivity contribution in [2.24, 2.45) is 5.73 Å². The van der Waals surface area contributed by atoms with E-state index >= 15 is 0 Å². The van der Waals surface area contributed by atoms with Crippen LogP contribution in [0.2, 0.25) is 0 Å². The molecule has 5 nitrogen and oxygen atoms in total. The van der Waals surface area contributed by atoms with E-state index in [1.807, 2.05) is 12.1 Å². The SMILES string of the molecule is NC(=O)c1cccc(OC(=O)CSc2ccncc2)c1. The van der Waals surface area contributed by atoms with Crippen LogP contribution in [0.4, 0.5) is 0 Å². The molecule has 20 heavy (non-hydrogen) atoms. The highest BCUT2D eigenvalue weighted by atomic mass is 32.2.